The standard InChI is InChI=1S/C24H28FN3OS/c25-19-7-1-6-17(23(19)26)21(29)8-3-11-27-13-10-20-18(15-27)16-5-2-9-22-24(16)28(20)12-4-14-30-22/h1-2,5-7,9,18,20H,3-4,8,10-15,26H2/t18-,20-/m0/s1. The van der Waals surface area contributed by atoms with Crippen molar-refractivity contribution in [1.82, 2.24) is 4.90 Å². The molecule has 6 heteroatoms. The number of nitrogens with two attached hydrogens (primary N) is 1. The third-order valence-corrected chi connectivity index (χ3v) is 7.94. The third-order valence-electron chi connectivity index (χ3n) is 6.81. The number of rotatable bonds is 5. The lowest BCUT2D eigenvalue weighted by atomic mass is 9.89. The second-order valence-corrected chi connectivity index (χ2v) is 9.72. The molecule has 0 saturated carbocycles. The summed E-state index contributed by atoms with van der Waals surface area (Å²) >= 11 is 2.00. The van der Waals surface area contributed by atoms with E-state index < -0.39 is 5.82 Å². The summed E-state index contributed by atoms with van der Waals surface area (Å²) in [6.07, 6.45) is 3.60. The number of hydrogen-bond acceptors (Lipinski definition) is 5. The van der Waals surface area contributed by atoms with Gasteiger partial charge in [0.25, 0.3) is 0 Å². The molecule has 1 fully saturated rings. The maximum absolute atomic E-state index is 13.6. The number of para-hydroxylation sites is 2. The molecule has 0 aliphatic carbocycles. The third kappa shape index (κ3) is 3.50. The molecule has 3 aliphatic heterocycles. The highest BCUT2D eigenvalue weighted by atomic mass is 32.2. The number of nitrogen functional groups attached to an aromatic ring is 1. The van der Waals surface area contributed by atoms with Crippen LogP contribution in [-0.4, -0.2) is 48.7 Å². The minimum absolute atomic E-state index is 0.0268. The van der Waals surface area contributed by atoms with Crippen molar-refractivity contribution in [2.45, 2.75) is 42.5 Å². The lowest BCUT2D eigenvalue weighted by molar-refractivity contribution is 0.0971. The Morgan fingerprint density at radius 1 is 1.20 bits per heavy atom. The van der Waals surface area contributed by atoms with E-state index in [1.165, 1.54) is 47.4 Å². The molecule has 1 saturated heterocycles. The number of ketones is 1. The molecule has 2 aromatic rings. The predicted octanol–water partition coefficient (Wildman–Crippen LogP) is 4.54. The van der Waals surface area contributed by atoms with Crippen LogP contribution >= 0.6 is 11.8 Å². The lowest BCUT2D eigenvalue weighted by Gasteiger charge is -2.39. The molecule has 30 heavy (non-hydrogen) atoms. The first-order valence-electron chi connectivity index (χ1n) is 11.0. The van der Waals surface area contributed by atoms with Crippen LogP contribution in [-0.2, 0) is 0 Å². The van der Waals surface area contributed by atoms with Crippen molar-refractivity contribution >= 4 is 28.9 Å². The smallest absolute Gasteiger partial charge is 0.165 e. The van der Waals surface area contributed by atoms with Crippen LogP contribution in [0, 0.1) is 5.82 Å². The zero-order valence-electron chi connectivity index (χ0n) is 17.1. The fourth-order valence-electron chi connectivity index (χ4n) is 5.39. The largest absolute Gasteiger partial charge is 0.396 e. The maximum Gasteiger partial charge on any atom is 0.165 e. The molecule has 0 unspecified atom stereocenters. The van der Waals surface area contributed by atoms with Crippen molar-refractivity contribution in [3.63, 3.8) is 0 Å². The number of fused-ring (bicyclic) bond motifs is 3. The van der Waals surface area contributed by atoms with Gasteiger partial charge < -0.3 is 15.5 Å². The minimum Gasteiger partial charge on any atom is -0.396 e. The highest BCUT2D eigenvalue weighted by Gasteiger charge is 2.43. The van der Waals surface area contributed by atoms with Crippen molar-refractivity contribution in [1.29, 1.82) is 0 Å². The lowest BCUT2D eigenvalue weighted by Crippen LogP contribution is -2.46. The fraction of sp³-hybridized carbons (Fsp3) is 0.458. The second-order valence-electron chi connectivity index (χ2n) is 8.58. The van der Waals surface area contributed by atoms with Gasteiger partial charge in [0.05, 0.1) is 11.4 Å². The van der Waals surface area contributed by atoms with E-state index in [1.54, 1.807) is 12.1 Å². The average Bonchev–Trinajstić information content (AvgIpc) is 2.91. The summed E-state index contributed by atoms with van der Waals surface area (Å²) in [6.45, 7) is 4.19. The Bertz CT molecular complexity index is 965. The quantitative estimate of drug-likeness (QED) is 0.563. The van der Waals surface area contributed by atoms with Gasteiger partial charge in [0.15, 0.2) is 5.78 Å². The predicted molar refractivity (Wildman–Crippen MR) is 121 cm³/mol. The topological polar surface area (TPSA) is 49.6 Å². The van der Waals surface area contributed by atoms with Crippen LogP contribution in [0.2, 0.25) is 0 Å². The van der Waals surface area contributed by atoms with Crippen molar-refractivity contribution in [2.75, 3.05) is 42.6 Å². The van der Waals surface area contributed by atoms with Crippen LogP contribution in [0.4, 0.5) is 15.8 Å². The number of carbonyl (C=O) groups is 1. The molecule has 0 radical (unpaired) electrons. The van der Waals surface area contributed by atoms with Gasteiger partial charge in [0.1, 0.15) is 5.82 Å². The first-order chi connectivity index (χ1) is 14.6. The fourth-order valence-corrected chi connectivity index (χ4v) is 6.43. The highest BCUT2D eigenvalue weighted by Crippen LogP contribution is 2.50. The van der Waals surface area contributed by atoms with Gasteiger partial charge in [0, 0.05) is 48.5 Å². The zero-order valence-corrected chi connectivity index (χ0v) is 18.0. The Balaban J connectivity index is 1.23. The van der Waals surface area contributed by atoms with Gasteiger partial charge in [-0.2, -0.15) is 0 Å². The first-order valence-corrected chi connectivity index (χ1v) is 11.9. The molecule has 2 N–H and O–H groups in total. The van der Waals surface area contributed by atoms with E-state index in [1.807, 2.05) is 11.8 Å². The van der Waals surface area contributed by atoms with Crippen LogP contribution in [0.25, 0.3) is 0 Å². The molecule has 0 spiro atoms. The number of piperidine rings is 1. The molecular weight excluding hydrogens is 397 g/mol. The van der Waals surface area contributed by atoms with Crippen LogP contribution in [0.1, 0.15) is 47.5 Å². The summed E-state index contributed by atoms with van der Waals surface area (Å²) in [5, 5.41) is 0. The Hall–Kier alpha value is -2.05. The van der Waals surface area contributed by atoms with Crippen molar-refractivity contribution < 1.29 is 9.18 Å². The second kappa shape index (κ2) is 8.23. The molecule has 3 aliphatic rings. The Morgan fingerprint density at radius 3 is 2.97 bits per heavy atom. The van der Waals surface area contributed by atoms with Gasteiger partial charge in [-0.05, 0) is 55.3 Å². The summed E-state index contributed by atoms with van der Waals surface area (Å²) in [5.74, 6) is 1.18. The number of thioether (sulfide) groups is 1. The summed E-state index contributed by atoms with van der Waals surface area (Å²) in [5.41, 5.74) is 9.04. The molecule has 2 atom stereocenters. The number of halogens is 1. The molecule has 0 amide bonds. The minimum atomic E-state index is -0.516. The molecule has 0 aromatic heterocycles. The number of Topliss-reactive ketones (excluding diaryl/α,β-unsaturated/α-hetero) is 1. The van der Waals surface area contributed by atoms with E-state index in [0.717, 1.165) is 26.1 Å². The van der Waals surface area contributed by atoms with Crippen LogP contribution in [0.3, 0.4) is 0 Å². The maximum atomic E-state index is 13.6. The van der Waals surface area contributed by atoms with Crippen molar-refractivity contribution in [3.8, 4) is 0 Å². The Kier molecular flexibility index (Phi) is 5.46. The van der Waals surface area contributed by atoms with Gasteiger partial charge in [0.2, 0.25) is 0 Å². The van der Waals surface area contributed by atoms with Gasteiger partial charge in [-0.15, -0.1) is 11.8 Å². The number of likely N-dealkylation sites (tertiary alicyclic amines) is 1. The number of anilines is 2. The molecule has 5 rings (SSSR count). The summed E-state index contributed by atoms with van der Waals surface area (Å²) in [6, 6.07) is 11.9. The summed E-state index contributed by atoms with van der Waals surface area (Å²) < 4.78 is 13.6. The first kappa shape index (κ1) is 19.9. The van der Waals surface area contributed by atoms with Crippen molar-refractivity contribution in [3.05, 3.63) is 53.3 Å². The van der Waals surface area contributed by atoms with Crippen LogP contribution in [0.5, 0.6) is 0 Å². The zero-order chi connectivity index (χ0) is 20.7. The van der Waals surface area contributed by atoms with E-state index in [-0.39, 0.29) is 11.5 Å². The summed E-state index contributed by atoms with van der Waals surface area (Å²) in [4.78, 5) is 19.1. The van der Waals surface area contributed by atoms with Crippen molar-refractivity contribution in [2.24, 2.45) is 0 Å². The monoisotopic (exact) mass is 425 g/mol. The molecule has 3 heterocycles. The van der Waals surface area contributed by atoms with Gasteiger partial charge >= 0.3 is 0 Å². The van der Waals surface area contributed by atoms with E-state index in [2.05, 4.69) is 28.0 Å². The molecule has 158 valence electrons. The van der Waals surface area contributed by atoms with E-state index >= 15 is 0 Å². The molecule has 4 nitrogen and oxygen atoms in total. The number of nitrogens with zero attached hydrogens (tertiary/aromatic N) is 2. The van der Waals surface area contributed by atoms with E-state index in [9.17, 15) is 9.18 Å². The van der Waals surface area contributed by atoms with Crippen LogP contribution in [0.15, 0.2) is 41.3 Å². The summed E-state index contributed by atoms with van der Waals surface area (Å²) in [7, 11) is 0. The Morgan fingerprint density at radius 2 is 2.07 bits per heavy atom. The highest BCUT2D eigenvalue weighted by molar-refractivity contribution is 7.99. The molecule has 0 bridgehead atoms. The van der Waals surface area contributed by atoms with Crippen LogP contribution < -0.4 is 10.6 Å². The molecule has 2 aromatic carbocycles. The SMILES string of the molecule is Nc1c(F)cccc1C(=O)CCCN1CC[C@H]2[C@@H](C1)c1cccc3c1N2CCCS3. The number of carbonyl (C=O) groups excluding carboxylic acids is 1. The average molecular weight is 426 g/mol. The Labute approximate surface area is 181 Å². The van der Waals surface area contributed by atoms with E-state index in [4.69, 9.17) is 5.73 Å². The van der Waals surface area contributed by atoms with Gasteiger partial charge in [-0.1, -0.05) is 18.2 Å². The molecular formula is C24H28FN3OS. The van der Waals surface area contributed by atoms with E-state index in [0.29, 0.717) is 23.9 Å². The number of hydrogen-bond donors (Lipinski definition) is 1. The number of benzene rings is 2. The van der Waals surface area contributed by atoms with Gasteiger partial charge in [-0.3, -0.25) is 4.79 Å². The normalized spacial score (nSPS) is 23.0. The van der Waals surface area contributed by atoms with Gasteiger partial charge in [-0.25, -0.2) is 4.39 Å².